The number of amides is 1. The first-order valence-electron chi connectivity index (χ1n) is 4.74. The lowest BCUT2D eigenvalue weighted by Crippen LogP contribution is -2.42. The van der Waals surface area contributed by atoms with Crippen LogP contribution in [0.15, 0.2) is 0 Å². The van der Waals surface area contributed by atoms with Gasteiger partial charge in [-0.3, -0.25) is 4.79 Å². The average Bonchev–Trinajstić information content (AvgIpc) is 2.10. The Labute approximate surface area is 79.8 Å². The Bertz CT molecular complexity index is 140. The summed E-state index contributed by atoms with van der Waals surface area (Å²) in [6.45, 7) is 3.37. The van der Waals surface area contributed by atoms with Gasteiger partial charge in [-0.2, -0.15) is 0 Å². The lowest BCUT2D eigenvalue weighted by molar-refractivity contribution is -0.120. The van der Waals surface area contributed by atoms with E-state index in [1.165, 1.54) is 0 Å². The van der Waals surface area contributed by atoms with E-state index in [-0.39, 0.29) is 11.9 Å². The van der Waals surface area contributed by atoms with Crippen molar-refractivity contribution in [1.82, 2.24) is 5.32 Å². The van der Waals surface area contributed by atoms with E-state index in [0.717, 1.165) is 19.3 Å². The highest BCUT2D eigenvalue weighted by Gasteiger charge is 2.12. The Kier molecular flexibility index (Phi) is 7.63. The molecule has 0 saturated carbocycles. The van der Waals surface area contributed by atoms with Crippen molar-refractivity contribution in [2.75, 3.05) is 20.3 Å². The molecule has 0 aromatic rings. The van der Waals surface area contributed by atoms with Gasteiger partial charge in [0.1, 0.15) is 0 Å². The molecule has 0 radical (unpaired) electrons. The smallest absolute Gasteiger partial charge is 0.234 e. The van der Waals surface area contributed by atoms with Crippen LogP contribution < -0.4 is 11.1 Å². The predicted octanol–water partition coefficient (Wildman–Crippen LogP) is 0.267. The van der Waals surface area contributed by atoms with Gasteiger partial charge in [0.25, 0.3) is 0 Å². The first-order chi connectivity index (χ1) is 6.22. The highest BCUT2D eigenvalue weighted by molar-refractivity contribution is 5.79. The Morgan fingerprint density at radius 1 is 1.62 bits per heavy atom. The number of rotatable bonds is 8. The van der Waals surface area contributed by atoms with Gasteiger partial charge in [0, 0.05) is 13.7 Å². The summed E-state index contributed by atoms with van der Waals surface area (Å²) in [5, 5.41) is 3.06. The topological polar surface area (TPSA) is 64.3 Å². The summed E-state index contributed by atoms with van der Waals surface area (Å²) in [6.07, 6.45) is 2.92. The maximum atomic E-state index is 10.9. The summed E-state index contributed by atoms with van der Waals surface area (Å²) in [5.74, 6) is -0.274. The molecule has 0 aromatic carbocycles. The third kappa shape index (κ3) is 6.54. The molecule has 4 heteroatoms. The number of nitrogens with one attached hydrogen (secondary N) is 1. The molecule has 0 saturated heterocycles. The molecule has 78 valence electrons. The van der Waals surface area contributed by atoms with Gasteiger partial charge in [-0.1, -0.05) is 19.8 Å². The molecule has 3 N–H and O–H groups in total. The van der Waals surface area contributed by atoms with Crippen LogP contribution in [-0.2, 0) is 9.53 Å². The number of unbranched alkanes of at least 4 members (excludes halogenated alkanes) is 1. The zero-order valence-electron chi connectivity index (χ0n) is 8.51. The monoisotopic (exact) mass is 188 g/mol. The molecular weight excluding hydrogens is 168 g/mol. The standard InChI is InChI=1S/C9H20N2O2/c1-3-4-5-8(9(10)12)11-6-7-13-2/h8,11H,3-7H2,1-2H3,(H2,10,12). The highest BCUT2D eigenvalue weighted by Crippen LogP contribution is 1.99. The van der Waals surface area contributed by atoms with Crippen LogP contribution in [0, 0.1) is 0 Å². The summed E-state index contributed by atoms with van der Waals surface area (Å²) >= 11 is 0. The molecule has 1 atom stereocenters. The summed E-state index contributed by atoms with van der Waals surface area (Å²) in [6, 6.07) is -0.199. The third-order valence-corrected chi connectivity index (χ3v) is 1.89. The van der Waals surface area contributed by atoms with E-state index in [0.29, 0.717) is 13.2 Å². The van der Waals surface area contributed by atoms with Crippen LogP contribution in [0.2, 0.25) is 0 Å². The summed E-state index contributed by atoms with van der Waals surface area (Å²) in [4.78, 5) is 10.9. The number of hydrogen-bond acceptors (Lipinski definition) is 3. The predicted molar refractivity (Wildman–Crippen MR) is 52.4 cm³/mol. The van der Waals surface area contributed by atoms with Gasteiger partial charge in [-0.25, -0.2) is 0 Å². The van der Waals surface area contributed by atoms with Gasteiger partial charge >= 0.3 is 0 Å². The average molecular weight is 188 g/mol. The Morgan fingerprint density at radius 3 is 2.77 bits per heavy atom. The zero-order valence-corrected chi connectivity index (χ0v) is 8.51. The summed E-state index contributed by atoms with van der Waals surface area (Å²) < 4.78 is 4.86. The van der Waals surface area contributed by atoms with Gasteiger partial charge in [0.2, 0.25) is 5.91 Å². The number of ether oxygens (including phenoxy) is 1. The maximum Gasteiger partial charge on any atom is 0.234 e. The normalized spacial score (nSPS) is 12.8. The molecule has 13 heavy (non-hydrogen) atoms. The molecule has 0 aliphatic carbocycles. The van der Waals surface area contributed by atoms with Crippen LogP contribution in [-0.4, -0.2) is 32.2 Å². The molecule has 0 aliphatic rings. The summed E-state index contributed by atoms with van der Waals surface area (Å²) in [7, 11) is 1.63. The van der Waals surface area contributed by atoms with E-state index in [2.05, 4.69) is 12.2 Å². The van der Waals surface area contributed by atoms with Crippen molar-refractivity contribution in [3.63, 3.8) is 0 Å². The molecule has 0 heterocycles. The fourth-order valence-electron chi connectivity index (χ4n) is 1.09. The molecular formula is C9H20N2O2. The number of nitrogens with two attached hydrogens (primary N) is 1. The van der Waals surface area contributed by atoms with Crippen molar-refractivity contribution < 1.29 is 9.53 Å². The van der Waals surface area contributed by atoms with Crippen molar-refractivity contribution in [1.29, 1.82) is 0 Å². The zero-order chi connectivity index (χ0) is 10.1. The SMILES string of the molecule is CCCCC(NCCOC)C(N)=O. The minimum absolute atomic E-state index is 0.199. The van der Waals surface area contributed by atoms with E-state index < -0.39 is 0 Å². The van der Waals surface area contributed by atoms with Gasteiger partial charge in [-0.05, 0) is 6.42 Å². The highest BCUT2D eigenvalue weighted by atomic mass is 16.5. The first kappa shape index (κ1) is 12.4. The van der Waals surface area contributed by atoms with Crippen LogP contribution in [0.25, 0.3) is 0 Å². The van der Waals surface area contributed by atoms with Gasteiger partial charge in [-0.15, -0.1) is 0 Å². The molecule has 0 rings (SSSR count). The van der Waals surface area contributed by atoms with E-state index in [4.69, 9.17) is 10.5 Å². The van der Waals surface area contributed by atoms with Gasteiger partial charge in [0.15, 0.2) is 0 Å². The third-order valence-electron chi connectivity index (χ3n) is 1.89. The molecule has 0 fully saturated rings. The minimum Gasteiger partial charge on any atom is -0.383 e. The lowest BCUT2D eigenvalue weighted by Gasteiger charge is -2.14. The fourth-order valence-corrected chi connectivity index (χ4v) is 1.09. The summed E-state index contributed by atoms with van der Waals surface area (Å²) in [5.41, 5.74) is 5.22. The molecule has 1 amide bonds. The minimum atomic E-state index is -0.274. The molecule has 0 aromatic heterocycles. The van der Waals surface area contributed by atoms with Crippen molar-refractivity contribution in [3.8, 4) is 0 Å². The Morgan fingerprint density at radius 2 is 2.31 bits per heavy atom. The van der Waals surface area contributed by atoms with Crippen molar-refractivity contribution in [2.24, 2.45) is 5.73 Å². The largest absolute Gasteiger partial charge is 0.383 e. The number of carbonyl (C=O) groups excluding carboxylic acids is 1. The number of methoxy groups -OCH3 is 1. The Balaban J connectivity index is 3.61. The molecule has 4 nitrogen and oxygen atoms in total. The van der Waals surface area contributed by atoms with E-state index >= 15 is 0 Å². The number of carbonyl (C=O) groups is 1. The Hall–Kier alpha value is -0.610. The van der Waals surface area contributed by atoms with Gasteiger partial charge in [0.05, 0.1) is 12.6 Å². The van der Waals surface area contributed by atoms with Crippen LogP contribution >= 0.6 is 0 Å². The molecule has 0 spiro atoms. The molecule has 1 unspecified atom stereocenters. The second kappa shape index (κ2) is 8.01. The van der Waals surface area contributed by atoms with Crippen LogP contribution in [0.3, 0.4) is 0 Å². The van der Waals surface area contributed by atoms with Crippen molar-refractivity contribution >= 4 is 5.91 Å². The van der Waals surface area contributed by atoms with E-state index in [9.17, 15) is 4.79 Å². The second-order valence-electron chi connectivity index (χ2n) is 3.04. The number of primary amides is 1. The lowest BCUT2D eigenvalue weighted by atomic mass is 10.1. The van der Waals surface area contributed by atoms with Crippen molar-refractivity contribution in [2.45, 2.75) is 32.2 Å². The first-order valence-corrected chi connectivity index (χ1v) is 4.74. The van der Waals surface area contributed by atoms with Crippen LogP contribution in [0.5, 0.6) is 0 Å². The maximum absolute atomic E-state index is 10.9. The van der Waals surface area contributed by atoms with Crippen LogP contribution in [0.1, 0.15) is 26.2 Å². The fraction of sp³-hybridized carbons (Fsp3) is 0.889. The molecule has 0 aliphatic heterocycles. The van der Waals surface area contributed by atoms with Crippen molar-refractivity contribution in [3.05, 3.63) is 0 Å². The van der Waals surface area contributed by atoms with Crippen LogP contribution in [0.4, 0.5) is 0 Å². The molecule has 0 bridgehead atoms. The van der Waals surface area contributed by atoms with E-state index in [1.807, 2.05) is 0 Å². The number of hydrogen-bond donors (Lipinski definition) is 2. The van der Waals surface area contributed by atoms with E-state index in [1.54, 1.807) is 7.11 Å². The van der Waals surface area contributed by atoms with Gasteiger partial charge < -0.3 is 15.8 Å². The quantitative estimate of drug-likeness (QED) is 0.537. The second-order valence-corrected chi connectivity index (χ2v) is 3.04.